The highest BCUT2D eigenvalue weighted by Crippen LogP contribution is 2.40. The number of anilines is 1. The van der Waals surface area contributed by atoms with Crippen LogP contribution in [-0.4, -0.2) is 30.9 Å². The van der Waals surface area contributed by atoms with Gasteiger partial charge in [0.25, 0.3) is 0 Å². The Kier molecular flexibility index (Phi) is 2.89. The lowest BCUT2D eigenvalue weighted by atomic mass is 10.0. The molecule has 2 unspecified atom stereocenters. The fourth-order valence-corrected chi connectivity index (χ4v) is 3.41. The quantitative estimate of drug-likeness (QED) is 0.916. The maximum atomic E-state index is 5.97. The summed E-state index contributed by atoms with van der Waals surface area (Å²) in [5.41, 5.74) is 5.97. The van der Waals surface area contributed by atoms with E-state index in [1.54, 1.807) is 0 Å². The van der Waals surface area contributed by atoms with E-state index in [-0.39, 0.29) is 0 Å². The monoisotopic (exact) mass is 285 g/mol. The Morgan fingerprint density at radius 3 is 2.95 bits per heavy atom. The first-order valence-electron chi connectivity index (χ1n) is 7.43. The van der Waals surface area contributed by atoms with Gasteiger partial charge in [-0.3, -0.25) is 0 Å². The summed E-state index contributed by atoms with van der Waals surface area (Å²) in [6, 6.07) is 6.43. The van der Waals surface area contributed by atoms with Crippen molar-refractivity contribution in [3.63, 3.8) is 0 Å². The average Bonchev–Trinajstić information content (AvgIpc) is 3.09. The SMILES string of the molecule is CC1CCN(c2nccc3cc4c(cc23)OCO4)C1CN. The van der Waals surface area contributed by atoms with Crippen LogP contribution in [0.15, 0.2) is 24.4 Å². The molecule has 0 amide bonds. The average molecular weight is 285 g/mol. The molecule has 1 aromatic heterocycles. The number of benzene rings is 1. The molecular weight excluding hydrogens is 266 g/mol. The summed E-state index contributed by atoms with van der Waals surface area (Å²) in [6.07, 6.45) is 3.01. The molecule has 1 aromatic carbocycles. The molecular formula is C16H19N3O2. The lowest BCUT2D eigenvalue weighted by Crippen LogP contribution is -2.38. The van der Waals surface area contributed by atoms with Crippen molar-refractivity contribution in [2.75, 3.05) is 24.8 Å². The highest BCUT2D eigenvalue weighted by Gasteiger charge is 2.32. The van der Waals surface area contributed by atoms with Gasteiger partial charge in [-0.1, -0.05) is 6.92 Å². The molecule has 2 aliphatic heterocycles. The van der Waals surface area contributed by atoms with Crippen LogP contribution in [0.2, 0.25) is 0 Å². The molecule has 2 aromatic rings. The number of fused-ring (bicyclic) bond motifs is 2. The van der Waals surface area contributed by atoms with Crippen molar-refractivity contribution < 1.29 is 9.47 Å². The molecule has 5 nitrogen and oxygen atoms in total. The van der Waals surface area contributed by atoms with Crippen LogP contribution < -0.4 is 20.1 Å². The predicted octanol–water partition coefficient (Wildman–Crippen LogP) is 2.14. The van der Waals surface area contributed by atoms with Gasteiger partial charge in [0.1, 0.15) is 5.82 Å². The van der Waals surface area contributed by atoms with E-state index in [2.05, 4.69) is 16.8 Å². The van der Waals surface area contributed by atoms with Gasteiger partial charge < -0.3 is 20.1 Å². The van der Waals surface area contributed by atoms with Gasteiger partial charge in [0.15, 0.2) is 11.5 Å². The van der Waals surface area contributed by atoms with Crippen molar-refractivity contribution >= 4 is 16.6 Å². The molecule has 3 heterocycles. The second-order valence-electron chi connectivity index (χ2n) is 5.82. The Bertz CT molecular complexity index is 689. The molecule has 5 heteroatoms. The molecule has 0 saturated carbocycles. The van der Waals surface area contributed by atoms with Gasteiger partial charge in [0.2, 0.25) is 6.79 Å². The van der Waals surface area contributed by atoms with Gasteiger partial charge in [0.05, 0.1) is 0 Å². The topological polar surface area (TPSA) is 60.6 Å². The van der Waals surface area contributed by atoms with Crippen LogP contribution >= 0.6 is 0 Å². The van der Waals surface area contributed by atoms with Gasteiger partial charge >= 0.3 is 0 Å². The maximum absolute atomic E-state index is 5.97. The zero-order chi connectivity index (χ0) is 14.4. The summed E-state index contributed by atoms with van der Waals surface area (Å²) >= 11 is 0. The predicted molar refractivity (Wildman–Crippen MR) is 81.8 cm³/mol. The summed E-state index contributed by atoms with van der Waals surface area (Å²) in [5, 5.41) is 2.23. The first-order valence-corrected chi connectivity index (χ1v) is 7.43. The van der Waals surface area contributed by atoms with E-state index >= 15 is 0 Å². The van der Waals surface area contributed by atoms with Crippen LogP contribution in [-0.2, 0) is 0 Å². The number of pyridine rings is 1. The third-order valence-corrected chi connectivity index (χ3v) is 4.63. The summed E-state index contributed by atoms with van der Waals surface area (Å²) in [4.78, 5) is 6.96. The third kappa shape index (κ3) is 1.92. The van der Waals surface area contributed by atoms with Gasteiger partial charge in [-0.2, -0.15) is 0 Å². The summed E-state index contributed by atoms with van der Waals surface area (Å²) < 4.78 is 11.0. The first kappa shape index (κ1) is 12.7. The van der Waals surface area contributed by atoms with Crippen LogP contribution in [0, 0.1) is 5.92 Å². The van der Waals surface area contributed by atoms with Crippen LogP contribution in [0.3, 0.4) is 0 Å². The van der Waals surface area contributed by atoms with Crippen molar-refractivity contribution in [3.8, 4) is 11.5 Å². The molecule has 0 spiro atoms. The Balaban J connectivity index is 1.85. The van der Waals surface area contributed by atoms with E-state index in [0.29, 0.717) is 25.3 Å². The Morgan fingerprint density at radius 1 is 1.33 bits per heavy atom. The minimum Gasteiger partial charge on any atom is -0.454 e. The van der Waals surface area contributed by atoms with Crippen molar-refractivity contribution in [1.29, 1.82) is 0 Å². The number of hydrogen-bond donors (Lipinski definition) is 1. The van der Waals surface area contributed by atoms with Crippen molar-refractivity contribution in [2.45, 2.75) is 19.4 Å². The zero-order valence-corrected chi connectivity index (χ0v) is 12.1. The van der Waals surface area contributed by atoms with Gasteiger partial charge in [-0.05, 0) is 35.9 Å². The van der Waals surface area contributed by atoms with Crippen LogP contribution in [0.5, 0.6) is 11.5 Å². The lowest BCUT2D eigenvalue weighted by molar-refractivity contribution is 0.174. The smallest absolute Gasteiger partial charge is 0.231 e. The largest absolute Gasteiger partial charge is 0.454 e. The van der Waals surface area contributed by atoms with Crippen molar-refractivity contribution in [1.82, 2.24) is 4.98 Å². The van der Waals surface area contributed by atoms with E-state index in [4.69, 9.17) is 15.2 Å². The second kappa shape index (κ2) is 4.77. The zero-order valence-electron chi connectivity index (χ0n) is 12.1. The first-order chi connectivity index (χ1) is 10.3. The van der Waals surface area contributed by atoms with Gasteiger partial charge in [-0.25, -0.2) is 4.98 Å². The minimum atomic E-state index is 0.292. The molecule has 21 heavy (non-hydrogen) atoms. The molecule has 4 rings (SSSR count). The Morgan fingerprint density at radius 2 is 2.14 bits per heavy atom. The van der Waals surface area contributed by atoms with Crippen LogP contribution in [0.25, 0.3) is 10.8 Å². The number of rotatable bonds is 2. The summed E-state index contributed by atoms with van der Waals surface area (Å²) in [6.45, 7) is 4.21. The molecule has 2 aliphatic rings. The van der Waals surface area contributed by atoms with Crippen LogP contribution in [0.1, 0.15) is 13.3 Å². The highest BCUT2D eigenvalue weighted by atomic mass is 16.7. The summed E-state index contributed by atoms with van der Waals surface area (Å²) in [5.74, 6) is 3.21. The van der Waals surface area contributed by atoms with Crippen molar-refractivity contribution in [3.05, 3.63) is 24.4 Å². The maximum Gasteiger partial charge on any atom is 0.231 e. The molecule has 0 bridgehead atoms. The standard InChI is InChI=1S/C16H19N3O2/c1-10-3-5-19(13(10)8-17)16-12-7-15-14(20-9-21-15)6-11(12)2-4-18-16/h2,4,6-7,10,13H,3,5,8-9,17H2,1H3. The molecule has 110 valence electrons. The molecule has 2 atom stereocenters. The molecule has 0 aliphatic carbocycles. The normalized spacial score (nSPS) is 24.0. The number of ether oxygens (including phenoxy) is 2. The fraction of sp³-hybridized carbons (Fsp3) is 0.438. The lowest BCUT2D eigenvalue weighted by Gasteiger charge is -2.27. The summed E-state index contributed by atoms with van der Waals surface area (Å²) in [7, 11) is 0. The minimum absolute atomic E-state index is 0.292. The second-order valence-corrected chi connectivity index (χ2v) is 5.82. The molecule has 1 fully saturated rings. The Hall–Kier alpha value is -2.01. The molecule has 2 N–H and O–H groups in total. The number of aromatic nitrogens is 1. The van der Waals surface area contributed by atoms with E-state index < -0.39 is 0 Å². The highest BCUT2D eigenvalue weighted by molar-refractivity contribution is 5.95. The molecule has 0 radical (unpaired) electrons. The number of nitrogens with two attached hydrogens (primary N) is 1. The number of hydrogen-bond acceptors (Lipinski definition) is 5. The third-order valence-electron chi connectivity index (χ3n) is 4.63. The van der Waals surface area contributed by atoms with Gasteiger partial charge in [-0.15, -0.1) is 0 Å². The Labute approximate surface area is 123 Å². The van der Waals surface area contributed by atoms with E-state index in [9.17, 15) is 0 Å². The van der Waals surface area contributed by atoms with E-state index in [1.807, 2.05) is 24.4 Å². The van der Waals surface area contributed by atoms with Crippen molar-refractivity contribution in [2.24, 2.45) is 11.7 Å². The fourth-order valence-electron chi connectivity index (χ4n) is 3.41. The van der Waals surface area contributed by atoms with E-state index in [0.717, 1.165) is 41.1 Å². The van der Waals surface area contributed by atoms with Gasteiger partial charge in [0, 0.05) is 30.7 Å². The van der Waals surface area contributed by atoms with Crippen LogP contribution in [0.4, 0.5) is 5.82 Å². The number of nitrogens with zero attached hydrogens (tertiary/aromatic N) is 2. The molecule has 1 saturated heterocycles. The van der Waals surface area contributed by atoms with E-state index in [1.165, 1.54) is 0 Å².